The van der Waals surface area contributed by atoms with E-state index in [2.05, 4.69) is 0 Å². The van der Waals surface area contributed by atoms with Crippen molar-refractivity contribution in [3.05, 3.63) is 28.2 Å². The number of rotatable bonds is 2. The van der Waals surface area contributed by atoms with Gasteiger partial charge in [0.25, 0.3) is 0 Å². The third kappa shape index (κ3) is 1.87. The van der Waals surface area contributed by atoms with Crippen LogP contribution in [0.2, 0.25) is 10.0 Å². The average Bonchev–Trinajstić information content (AvgIpc) is 2.23. The number of aliphatic carboxylic acids is 1. The number of carboxylic acids is 1. The van der Waals surface area contributed by atoms with E-state index in [-0.39, 0.29) is 6.54 Å². The second-order valence-electron chi connectivity index (χ2n) is 4.16. The Balaban J connectivity index is 2.28. The summed E-state index contributed by atoms with van der Waals surface area (Å²) in [5.74, 6) is -1.57. The molecule has 6 heteroatoms. The van der Waals surface area contributed by atoms with Crippen molar-refractivity contribution >= 4 is 40.8 Å². The van der Waals surface area contributed by atoms with Crippen molar-refractivity contribution in [2.24, 2.45) is 5.41 Å². The summed E-state index contributed by atoms with van der Waals surface area (Å²) in [7, 11) is 0. The van der Waals surface area contributed by atoms with Gasteiger partial charge in [-0.3, -0.25) is 9.59 Å². The van der Waals surface area contributed by atoms with Crippen LogP contribution >= 0.6 is 23.2 Å². The summed E-state index contributed by atoms with van der Waals surface area (Å²) in [5.41, 5.74) is -0.819. The van der Waals surface area contributed by atoms with E-state index in [0.29, 0.717) is 15.7 Å². The lowest BCUT2D eigenvalue weighted by Gasteiger charge is -2.43. The molecule has 1 unspecified atom stereocenters. The number of nitrogens with zero attached hydrogens (tertiary/aromatic N) is 1. The third-order valence-electron chi connectivity index (χ3n) is 2.82. The normalized spacial score (nSPS) is 23.5. The van der Waals surface area contributed by atoms with Crippen molar-refractivity contribution in [1.82, 2.24) is 0 Å². The Labute approximate surface area is 108 Å². The van der Waals surface area contributed by atoms with E-state index in [1.807, 2.05) is 0 Å². The number of amides is 1. The number of carbonyl (C=O) groups is 2. The van der Waals surface area contributed by atoms with E-state index in [9.17, 15) is 9.59 Å². The minimum absolute atomic E-state index is 0.123. The van der Waals surface area contributed by atoms with Crippen LogP contribution in [0.3, 0.4) is 0 Å². The molecule has 2 rings (SSSR count). The first-order chi connectivity index (χ1) is 7.84. The van der Waals surface area contributed by atoms with E-state index in [0.717, 1.165) is 0 Å². The first kappa shape index (κ1) is 12.2. The van der Waals surface area contributed by atoms with Gasteiger partial charge >= 0.3 is 5.97 Å². The van der Waals surface area contributed by atoms with Crippen LogP contribution in [0.5, 0.6) is 0 Å². The number of carbonyl (C=O) groups excluding carboxylic acids is 1. The topological polar surface area (TPSA) is 57.6 Å². The third-order valence-corrected chi connectivity index (χ3v) is 3.26. The van der Waals surface area contributed by atoms with E-state index in [4.69, 9.17) is 28.3 Å². The zero-order valence-electron chi connectivity index (χ0n) is 8.91. The van der Waals surface area contributed by atoms with E-state index in [1.165, 1.54) is 11.8 Å². The minimum atomic E-state index is -1.34. The molecular weight excluding hydrogens is 265 g/mol. The number of halogens is 2. The van der Waals surface area contributed by atoms with E-state index in [1.54, 1.807) is 18.2 Å². The fraction of sp³-hybridized carbons (Fsp3) is 0.273. The van der Waals surface area contributed by atoms with Gasteiger partial charge in [-0.15, -0.1) is 0 Å². The molecule has 1 N–H and O–H groups in total. The minimum Gasteiger partial charge on any atom is -0.480 e. The van der Waals surface area contributed by atoms with Gasteiger partial charge in [-0.05, 0) is 25.1 Å². The molecule has 1 aromatic rings. The fourth-order valence-corrected chi connectivity index (χ4v) is 2.24. The molecule has 0 spiro atoms. The quantitative estimate of drug-likeness (QED) is 0.665. The van der Waals surface area contributed by atoms with Crippen molar-refractivity contribution in [2.45, 2.75) is 6.92 Å². The zero-order chi connectivity index (χ0) is 12.8. The molecule has 17 heavy (non-hydrogen) atoms. The van der Waals surface area contributed by atoms with Crippen molar-refractivity contribution in [3.8, 4) is 0 Å². The van der Waals surface area contributed by atoms with Crippen LogP contribution in [-0.2, 0) is 9.59 Å². The van der Waals surface area contributed by atoms with Gasteiger partial charge in [0.15, 0.2) is 5.41 Å². The van der Waals surface area contributed by atoms with Gasteiger partial charge in [0.1, 0.15) is 0 Å². The van der Waals surface area contributed by atoms with Crippen LogP contribution in [0.15, 0.2) is 18.2 Å². The summed E-state index contributed by atoms with van der Waals surface area (Å²) < 4.78 is 0. The maximum Gasteiger partial charge on any atom is 0.320 e. The molecule has 1 saturated heterocycles. The largest absolute Gasteiger partial charge is 0.480 e. The summed E-state index contributed by atoms with van der Waals surface area (Å²) >= 11 is 11.6. The SMILES string of the molecule is CC1(C(=O)O)CN(c2cc(Cl)cc(Cl)c2)C1=O. The molecule has 1 amide bonds. The van der Waals surface area contributed by atoms with Gasteiger partial charge < -0.3 is 10.0 Å². The molecule has 1 fully saturated rings. The Morgan fingerprint density at radius 2 is 1.88 bits per heavy atom. The number of hydrogen-bond donors (Lipinski definition) is 1. The first-order valence-electron chi connectivity index (χ1n) is 4.86. The first-order valence-corrected chi connectivity index (χ1v) is 5.61. The van der Waals surface area contributed by atoms with Gasteiger partial charge in [-0.2, -0.15) is 0 Å². The number of carboxylic acid groups (broad SMARTS) is 1. The van der Waals surface area contributed by atoms with Gasteiger partial charge in [0, 0.05) is 15.7 Å². The summed E-state index contributed by atoms with van der Waals surface area (Å²) in [5, 5.41) is 9.75. The molecule has 90 valence electrons. The highest BCUT2D eigenvalue weighted by molar-refractivity contribution is 6.35. The number of anilines is 1. The van der Waals surface area contributed by atoms with Crippen LogP contribution < -0.4 is 4.90 Å². The van der Waals surface area contributed by atoms with Crippen LogP contribution in [0.4, 0.5) is 5.69 Å². The van der Waals surface area contributed by atoms with Crippen molar-refractivity contribution < 1.29 is 14.7 Å². The van der Waals surface area contributed by atoms with Crippen LogP contribution in [0, 0.1) is 5.41 Å². The number of benzene rings is 1. The molecule has 0 saturated carbocycles. The predicted molar refractivity (Wildman–Crippen MR) is 64.6 cm³/mol. The molecule has 0 aliphatic carbocycles. The lowest BCUT2D eigenvalue weighted by atomic mass is 9.80. The Morgan fingerprint density at radius 3 is 2.29 bits per heavy atom. The van der Waals surface area contributed by atoms with Gasteiger partial charge in [0.05, 0.1) is 6.54 Å². The van der Waals surface area contributed by atoms with Gasteiger partial charge in [0.2, 0.25) is 5.91 Å². The maximum absolute atomic E-state index is 11.8. The van der Waals surface area contributed by atoms with E-state index >= 15 is 0 Å². The lowest BCUT2D eigenvalue weighted by Crippen LogP contribution is -2.64. The molecule has 4 nitrogen and oxygen atoms in total. The van der Waals surface area contributed by atoms with Crippen LogP contribution in [0.1, 0.15) is 6.92 Å². The molecule has 1 heterocycles. The fourth-order valence-electron chi connectivity index (χ4n) is 1.73. The second kappa shape index (κ2) is 3.89. The lowest BCUT2D eigenvalue weighted by molar-refractivity contribution is -0.158. The van der Waals surface area contributed by atoms with Crippen molar-refractivity contribution in [1.29, 1.82) is 0 Å². The molecule has 1 aromatic carbocycles. The smallest absolute Gasteiger partial charge is 0.320 e. The summed E-state index contributed by atoms with van der Waals surface area (Å²) in [6.07, 6.45) is 0. The standard InChI is InChI=1S/C11H9Cl2NO3/c1-11(10(16)17)5-14(9(11)15)8-3-6(12)2-7(13)4-8/h2-4H,5H2,1H3,(H,16,17). The van der Waals surface area contributed by atoms with Gasteiger partial charge in [-0.1, -0.05) is 23.2 Å². The van der Waals surface area contributed by atoms with Crippen LogP contribution in [-0.4, -0.2) is 23.5 Å². The summed E-state index contributed by atoms with van der Waals surface area (Å²) in [6.45, 7) is 1.53. The maximum atomic E-state index is 11.8. The highest BCUT2D eigenvalue weighted by Crippen LogP contribution is 2.37. The Bertz CT molecular complexity index is 497. The number of hydrogen-bond acceptors (Lipinski definition) is 2. The highest BCUT2D eigenvalue weighted by Gasteiger charge is 2.55. The summed E-state index contributed by atoms with van der Waals surface area (Å²) in [4.78, 5) is 24.1. The molecule has 1 atom stereocenters. The van der Waals surface area contributed by atoms with E-state index < -0.39 is 17.3 Å². The molecule has 0 aromatic heterocycles. The second-order valence-corrected chi connectivity index (χ2v) is 5.03. The average molecular weight is 274 g/mol. The number of β-lactam (4-membered cyclic amide) rings is 1. The van der Waals surface area contributed by atoms with Crippen molar-refractivity contribution in [3.63, 3.8) is 0 Å². The summed E-state index contributed by atoms with van der Waals surface area (Å²) in [6, 6.07) is 4.70. The molecule has 0 radical (unpaired) electrons. The molecular formula is C11H9Cl2NO3. The van der Waals surface area contributed by atoms with Crippen molar-refractivity contribution in [2.75, 3.05) is 11.4 Å². The predicted octanol–water partition coefficient (Wildman–Crippen LogP) is 2.43. The zero-order valence-corrected chi connectivity index (χ0v) is 10.4. The van der Waals surface area contributed by atoms with Gasteiger partial charge in [-0.25, -0.2) is 0 Å². The molecule has 1 aliphatic heterocycles. The monoisotopic (exact) mass is 273 g/mol. The molecule has 0 bridgehead atoms. The Hall–Kier alpha value is -1.26. The highest BCUT2D eigenvalue weighted by atomic mass is 35.5. The Morgan fingerprint density at radius 1 is 1.35 bits per heavy atom. The molecule has 1 aliphatic rings. The Kier molecular flexibility index (Phi) is 2.79. The van der Waals surface area contributed by atoms with Crippen LogP contribution in [0.25, 0.3) is 0 Å².